The third kappa shape index (κ3) is 4.53. The van der Waals surface area contributed by atoms with Crippen molar-refractivity contribution in [3.05, 3.63) is 54.7 Å². The highest BCUT2D eigenvalue weighted by Gasteiger charge is 2.20. The molecule has 29 heavy (non-hydrogen) atoms. The van der Waals surface area contributed by atoms with Crippen LogP contribution < -0.4 is 15.5 Å². The normalized spacial score (nSPS) is 14.6. The molecule has 4 rings (SSSR count). The zero-order chi connectivity index (χ0) is 20.2. The Morgan fingerprint density at radius 3 is 2.72 bits per heavy atom. The van der Waals surface area contributed by atoms with Crippen LogP contribution in [0.2, 0.25) is 0 Å². The molecule has 3 heterocycles. The van der Waals surface area contributed by atoms with Crippen LogP contribution in [0.3, 0.4) is 0 Å². The molecule has 1 fully saturated rings. The third-order valence-corrected chi connectivity index (χ3v) is 5.13. The Morgan fingerprint density at radius 1 is 1.14 bits per heavy atom. The van der Waals surface area contributed by atoms with Crippen LogP contribution in [-0.4, -0.2) is 38.9 Å². The Hall–Kier alpha value is -3.42. The summed E-state index contributed by atoms with van der Waals surface area (Å²) in [6.07, 6.45) is 9.02. The van der Waals surface area contributed by atoms with E-state index in [1.54, 1.807) is 17.1 Å². The first-order chi connectivity index (χ1) is 14.1. The zero-order valence-electron chi connectivity index (χ0n) is 16.7. The predicted octanol–water partition coefficient (Wildman–Crippen LogP) is 3.85. The second kappa shape index (κ2) is 8.30. The Labute approximate surface area is 170 Å². The smallest absolute Gasteiger partial charge is 0.323 e. The molecule has 150 valence electrons. The average Bonchev–Trinajstić information content (AvgIpc) is 3.17. The molecular formula is C21H25N7O. The molecule has 2 amide bonds. The van der Waals surface area contributed by atoms with Gasteiger partial charge in [-0.3, -0.25) is 0 Å². The van der Waals surface area contributed by atoms with Gasteiger partial charge in [0.1, 0.15) is 12.0 Å². The number of hydrogen-bond acceptors (Lipinski definition) is 5. The standard InChI is InChI=1S/C21H25N7O/c1-15-6-8-27(9-7-15)19-12-22-14-23-20(19)28-13-18(11-24-28)26-21(29)25-17-5-3-4-16(2)10-17/h3-5,10-15H,6-9H2,1-2H3,(H2,25,26,29). The minimum atomic E-state index is -0.317. The number of carbonyl (C=O) groups excluding carboxylic acids is 1. The summed E-state index contributed by atoms with van der Waals surface area (Å²) in [5.74, 6) is 1.45. The summed E-state index contributed by atoms with van der Waals surface area (Å²) in [5.41, 5.74) is 3.37. The van der Waals surface area contributed by atoms with Crippen LogP contribution in [0.1, 0.15) is 25.3 Å². The first kappa shape index (κ1) is 18.9. The summed E-state index contributed by atoms with van der Waals surface area (Å²) >= 11 is 0. The number of anilines is 3. The van der Waals surface area contributed by atoms with Crippen LogP contribution in [-0.2, 0) is 0 Å². The van der Waals surface area contributed by atoms with Crippen molar-refractivity contribution in [1.29, 1.82) is 0 Å². The number of hydrogen-bond donors (Lipinski definition) is 2. The number of nitrogens with zero attached hydrogens (tertiary/aromatic N) is 5. The monoisotopic (exact) mass is 391 g/mol. The van der Waals surface area contributed by atoms with Crippen molar-refractivity contribution in [2.24, 2.45) is 5.92 Å². The highest BCUT2D eigenvalue weighted by molar-refractivity contribution is 5.99. The van der Waals surface area contributed by atoms with Crippen LogP contribution in [0.15, 0.2) is 49.2 Å². The lowest BCUT2D eigenvalue weighted by molar-refractivity contribution is 0.262. The molecule has 8 nitrogen and oxygen atoms in total. The van der Waals surface area contributed by atoms with E-state index in [1.165, 1.54) is 6.33 Å². The van der Waals surface area contributed by atoms with Crippen LogP contribution in [0.25, 0.3) is 5.82 Å². The van der Waals surface area contributed by atoms with E-state index in [1.807, 2.05) is 37.4 Å². The highest BCUT2D eigenvalue weighted by atomic mass is 16.2. The van der Waals surface area contributed by atoms with E-state index in [0.29, 0.717) is 11.5 Å². The number of nitrogens with one attached hydrogen (secondary N) is 2. The largest absolute Gasteiger partial charge is 0.367 e. The molecular weight excluding hydrogens is 366 g/mol. The summed E-state index contributed by atoms with van der Waals surface area (Å²) in [6.45, 7) is 6.22. The van der Waals surface area contributed by atoms with Gasteiger partial charge in [-0.1, -0.05) is 19.1 Å². The van der Waals surface area contributed by atoms with Crippen LogP contribution >= 0.6 is 0 Å². The van der Waals surface area contributed by atoms with E-state index in [-0.39, 0.29) is 6.03 Å². The van der Waals surface area contributed by atoms with Gasteiger partial charge in [-0.2, -0.15) is 5.10 Å². The Balaban J connectivity index is 1.47. The van der Waals surface area contributed by atoms with Crippen molar-refractivity contribution in [3.8, 4) is 5.82 Å². The van der Waals surface area contributed by atoms with Crippen molar-refractivity contribution in [2.45, 2.75) is 26.7 Å². The van der Waals surface area contributed by atoms with Gasteiger partial charge in [-0.15, -0.1) is 0 Å². The lowest BCUT2D eigenvalue weighted by atomic mass is 9.99. The maximum Gasteiger partial charge on any atom is 0.323 e. The van der Waals surface area contributed by atoms with Crippen molar-refractivity contribution in [1.82, 2.24) is 19.7 Å². The van der Waals surface area contributed by atoms with Crippen molar-refractivity contribution in [2.75, 3.05) is 28.6 Å². The number of aromatic nitrogens is 4. The second-order valence-corrected chi connectivity index (χ2v) is 7.52. The summed E-state index contributed by atoms with van der Waals surface area (Å²) in [7, 11) is 0. The van der Waals surface area contributed by atoms with E-state index in [2.05, 4.69) is 37.5 Å². The number of rotatable bonds is 4. The topological polar surface area (TPSA) is 88.0 Å². The van der Waals surface area contributed by atoms with E-state index < -0.39 is 0 Å². The summed E-state index contributed by atoms with van der Waals surface area (Å²) < 4.78 is 1.68. The first-order valence-electron chi connectivity index (χ1n) is 9.83. The molecule has 0 aliphatic carbocycles. The minimum absolute atomic E-state index is 0.317. The van der Waals surface area contributed by atoms with Gasteiger partial charge in [0.05, 0.1) is 24.3 Å². The molecule has 3 aromatic rings. The SMILES string of the molecule is Cc1cccc(NC(=O)Nc2cnn(-c3ncncc3N3CCC(C)CC3)c2)c1. The molecule has 1 aliphatic heterocycles. The first-order valence-corrected chi connectivity index (χ1v) is 9.83. The van der Waals surface area contributed by atoms with Crippen LogP contribution in [0, 0.1) is 12.8 Å². The van der Waals surface area contributed by atoms with Gasteiger partial charge in [-0.25, -0.2) is 19.4 Å². The van der Waals surface area contributed by atoms with E-state index >= 15 is 0 Å². The minimum Gasteiger partial charge on any atom is -0.367 e. The number of benzene rings is 1. The number of aryl methyl sites for hydroxylation is 1. The maximum absolute atomic E-state index is 12.3. The second-order valence-electron chi connectivity index (χ2n) is 7.52. The van der Waals surface area contributed by atoms with Crippen LogP contribution in [0.5, 0.6) is 0 Å². The molecule has 0 bridgehead atoms. The summed E-state index contributed by atoms with van der Waals surface area (Å²) in [6, 6.07) is 7.33. The van der Waals surface area contributed by atoms with Gasteiger partial charge in [0.15, 0.2) is 5.82 Å². The fourth-order valence-corrected chi connectivity index (χ4v) is 3.48. The lowest BCUT2D eigenvalue weighted by Crippen LogP contribution is -2.33. The maximum atomic E-state index is 12.3. The summed E-state index contributed by atoms with van der Waals surface area (Å²) in [4.78, 5) is 23.2. The van der Waals surface area contributed by atoms with E-state index in [9.17, 15) is 4.79 Å². The molecule has 1 aromatic carbocycles. The van der Waals surface area contributed by atoms with Gasteiger partial charge >= 0.3 is 6.03 Å². The zero-order valence-corrected chi connectivity index (χ0v) is 16.7. The number of piperidine rings is 1. The molecule has 2 aromatic heterocycles. The molecule has 0 unspecified atom stereocenters. The molecule has 2 N–H and O–H groups in total. The van der Waals surface area contributed by atoms with Gasteiger partial charge in [-0.05, 0) is 43.4 Å². The number of urea groups is 1. The van der Waals surface area contributed by atoms with Crippen LogP contribution in [0.4, 0.5) is 21.9 Å². The van der Waals surface area contributed by atoms with E-state index in [4.69, 9.17) is 0 Å². The third-order valence-electron chi connectivity index (χ3n) is 5.13. The molecule has 8 heteroatoms. The fourth-order valence-electron chi connectivity index (χ4n) is 3.48. The number of carbonyl (C=O) groups is 1. The lowest BCUT2D eigenvalue weighted by Gasteiger charge is -2.32. The average molecular weight is 391 g/mol. The molecule has 1 aliphatic rings. The van der Waals surface area contributed by atoms with Gasteiger partial charge in [0.25, 0.3) is 0 Å². The van der Waals surface area contributed by atoms with Crippen molar-refractivity contribution < 1.29 is 4.79 Å². The molecule has 0 atom stereocenters. The highest BCUT2D eigenvalue weighted by Crippen LogP contribution is 2.26. The summed E-state index contributed by atoms with van der Waals surface area (Å²) in [5, 5.41) is 10.0. The van der Waals surface area contributed by atoms with Gasteiger partial charge in [0, 0.05) is 18.8 Å². The predicted molar refractivity (Wildman–Crippen MR) is 114 cm³/mol. The Kier molecular flexibility index (Phi) is 5.41. The molecule has 1 saturated heterocycles. The van der Waals surface area contributed by atoms with Crippen molar-refractivity contribution in [3.63, 3.8) is 0 Å². The molecule has 0 saturated carbocycles. The van der Waals surface area contributed by atoms with E-state index in [0.717, 1.165) is 48.8 Å². The molecule has 0 radical (unpaired) electrons. The van der Waals surface area contributed by atoms with Gasteiger partial charge in [0.2, 0.25) is 0 Å². The number of amides is 2. The Morgan fingerprint density at radius 2 is 1.93 bits per heavy atom. The van der Waals surface area contributed by atoms with Crippen molar-refractivity contribution >= 4 is 23.1 Å². The Bertz CT molecular complexity index is 992. The van der Waals surface area contributed by atoms with Gasteiger partial charge < -0.3 is 15.5 Å². The molecule has 0 spiro atoms. The quantitative estimate of drug-likeness (QED) is 0.705. The fraction of sp³-hybridized carbons (Fsp3) is 0.333.